The molecular formula is C15H21FN2OS. The zero-order valence-electron chi connectivity index (χ0n) is 11.8. The second-order valence-electron chi connectivity index (χ2n) is 5.32. The molecule has 110 valence electrons. The summed E-state index contributed by atoms with van der Waals surface area (Å²) in [5, 5.41) is 0. The van der Waals surface area contributed by atoms with E-state index in [2.05, 4.69) is 4.90 Å². The molecule has 2 N–H and O–H groups in total. The number of ether oxygens (including phenoxy) is 1. The molecule has 0 aromatic heterocycles. The molecule has 1 aliphatic rings. The number of nitrogens with zero attached hydrogens (tertiary/aromatic N) is 1. The summed E-state index contributed by atoms with van der Waals surface area (Å²) in [6, 6.07) is 5.24. The van der Waals surface area contributed by atoms with E-state index in [0.717, 1.165) is 32.5 Å². The van der Waals surface area contributed by atoms with Crippen LogP contribution >= 0.6 is 12.2 Å². The number of rotatable bonds is 5. The molecule has 1 aromatic carbocycles. The van der Waals surface area contributed by atoms with E-state index in [1.165, 1.54) is 0 Å². The molecule has 5 heteroatoms. The average molecular weight is 296 g/mol. The lowest BCUT2D eigenvalue weighted by molar-refractivity contribution is 0.0963. The van der Waals surface area contributed by atoms with Crippen LogP contribution in [0.1, 0.15) is 24.0 Å². The lowest BCUT2D eigenvalue weighted by Gasteiger charge is -2.31. The topological polar surface area (TPSA) is 38.5 Å². The molecule has 1 heterocycles. The summed E-state index contributed by atoms with van der Waals surface area (Å²) in [5.74, 6) is 0.350. The number of thiocarbonyl (C=S) groups is 1. The summed E-state index contributed by atoms with van der Waals surface area (Å²) in [7, 11) is 1.74. The molecule has 1 aliphatic heterocycles. The van der Waals surface area contributed by atoms with Gasteiger partial charge in [-0.2, -0.15) is 0 Å². The van der Waals surface area contributed by atoms with Crippen LogP contribution in [-0.2, 0) is 11.3 Å². The van der Waals surface area contributed by atoms with Crippen LogP contribution in [0.4, 0.5) is 4.39 Å². The number of nitrogens with two attached hydrogens (primary N) is 1. The van der Waals surface area contributed by atoms with Crippen molar-refractivity contribution in [3.8, 4) is 0 Å². The maximum atomic E-state index is 14.3. The number of methoxy groups -OCH3 is 1. The van der Waals surface area contributed by atoms with Gasteiger partial charge in [0.15, 0.2) is 0 Å². The molecule has 0 unspecified atom stereocenters. The number of likely N-dealkylation sites (tertiary alicyclic amines) is 1. The lowest BCUT2D eigenvalue weighted by atomic mass is 9.97. The van der Waals surface area contributed by atoms with Gasteiger partial charge in [0.2, 0.25) is 0 Å². The third-order valence-corrected chi connectivity index (χ3v) is 4.07. The van der Waals surface area contributed by atoms with E-state index in [1.54, 1.807) is 19.2 Å². The normalized spacial score (nSPS) is 17.3. The number of halogens is 1. The van der Waals surface area contributed by atoms with Crippen molar-refractivity contribution in [2.75, 3.05) is 26.8 Å². The second kappa shape index (κ2) is 7.11. The van der Waals surface area contributed by atoms with Gasteiger partial charge in [-0.15, -0.1) is 0 Å². The molecule has 1 saturated heterocycles. The smallest absolute Gasteiger partial charge is 0.137 e. The van der Waals surface area contributed by atoms with Crippen molar-refractivity contribution >= 4 is 17.2 Å². The Hall–Kier alpha value is -1.04. The van der Waals surface area contributed by atoms with Gasteiger partial charge in [0.1, 0.15) is 10.8 Å². The third-order valence-electron chi connectivity index (χ3n) is 3.85. The predicted octanol–water partition coefficient (Wildman–Crippen LogP) is 2.32. The average Bonchev–Trinajstić information content (AvgIpc) is 2.43. The third kappa shape index (κ3) is 3.75. The van der Waals surface area contributed by atoms with Gasteiger partial charge in [-0.1, -0.05) is 24.4 Å². The molecule has 0 aliphatic carbocycles. The van der Waals surface area contributed by atoms with Crippen molar-refractivity contribution in [3.05, 3.63) is 35.1 Å². The largest absolute Gasteiger partial charge is 0.389 e. The number of hydrogen-bond donors (Lipinski definition) is 1. The van der Waals surface area contributed by atoms with E-state index in [0.29, 0.717) is 23.6 Å². The Bertz CT molecular complexity index is 473. The fourth-order valence-corrected chi connectivity index (χ4v) is 2.84. The van der Waals surface area contributed by atoms with Crippen molar-refractivity contribution in [2.45, 2.75) is 19.4 Å². The lowest BCUT2D eigenvalue weighted by Crippen LogP contribution is -2.34. The minimum atomic E-state index is -0.279. The van der Waals surface area contributed by atoms with E-state index < -0.39 is 0 Å². The summed E-state index contributed by atoms with van der Waals surface area (Å²) in [6.45, 7) is 3.39. The summed E-state index contributed by atoms with van der Waals surface area (Å²) in [6.07, 6.45) is 2.20. The first-order valence-electron chi connectivity index (χ1n) is 6.90. The van der Waals surface area contributed by atoms with Crippen LogP contribution in [0.3, 0.4) is 0 Å². The Morgan fingerprint density at radius 3 is 2.75 bits per heavy atom. The molecule has 1 fully saturated rings. The van der Waals surface area contributed by atoms with Gasteiger partial charge in [-0.3, -0.25) is 4.90 Å². The highest BCUT2D eigenvalue weighted by molar-refractivity contribution is 7.80. The highest BCUT2D eigenvalue weighted by atomic mass is 32.1. The van der Waals surface area contributed by atoms with Gasteiger partial charge in [-0.05, 0) is 37.9 Å². The van der Waals surface area contributed by atoms with Gasteiger partial charge >= 0.3 is 0 Å². The van der Waals surface area contributed by atoms with Gasteiger partial charge in [0.05, 0.1) is 0 Å². The fraction of sp³-hybridized carbons (Fsp3) is 0.533. The fourth-order valence-electron chi connectivity index (χ4n) is 2.68. The van der Waals surface area contributed by atoms with Crippen molar-refractivity contribution in [1.82, 2.24) is 4.90 Å². The summed E-state index contributed by atoms with van der Waals surface area (Å²) in [5.41, 5.74) is 6.54. The van der Waals surface area contributed by atoms with Gasteiger partial charge in [-0.25, -0.2) is 4.39 Å². The molecule has 0 atom stereocenters. The van der Waals surface area contributed by atoms with E-state index in [9.17, 15) is 4.39 Å². The summed E-state index contributed by atoms with van der Waals surface area (Å²) in [4.78, 5) is 2.39. The van der Waals surface area contributed by atoms with Crippen molar-refractivity contribution in [2.24, 2.45) is 11.7 Å². The first-order valence-corrected chi connectivity index (χ1v) is 7.31. The highest BCUT2D eigenvalue weighted by Crippen LogP contribution is 2.21. The van der Waals surface area contributed by atoms with E-state index in [-0.39, 0.29) is 10.8 Å². The minimum Gasteiger partial charge on any atom is -0.389 e. The Morgan fingerprint density at radius 2 is 2.15 bits per heavy atom. The van der Waals surface area contributed by atoms with E-state index in [4.69, 9.17) is 22.7 Å². The molecule has 3 nitrogen and oxygen atoms in total. The zero-order chi connectivity index (χ0) is 14.5. The Morgan fingerprint density at radius 1 is 1.45 bits per heavy atom. The van der Waals surface area contributed by atoms with Crippen molar-refractivity contribution in [3.63, 3.8) is 0 Å². The second-order valence-corrected chi connectivity index (χ2v) is 5.76. The predicted molar refractivity (Wildman–Crippen MR) is 82.2 cm³/mol. The van der Waals surface area contributed by atoms with E-state index in [1.807, 2.05) is 6.07 Å². The highest BCUT2D eigenvalue weighted by Gasteiger charge is 2.20. The van der Waals surface area contributed by atoms with Gasteiger partial charge in [0.25, 0.3) is 0 Å². The number of piperidine rings is 1. The standard InChI is InChI=1S/C15H21FN2OS/c1-19-10-11-5-7-18(8-6-11)9-12-3-2-4-13(14(12)16)15(17)20/h2-4,11H,5-10H2,1H3,(H2,17,20). The molecule has 0 radical (unpaired) electrons. The first-order chi connectivity index (χ1) is 9.61. The maximum Gasteiger partial charge on any atom is 0.137 e. The molecule has 0 amide bonds. The molecule has 0 bridgehead atoms. The summed E-state index contributed by atoms with van der Waals surface area (Å²) >= 11 is 4.87. The van der Waals surface area contributed by atoms with Gasteiger partial charge < -0.3 is 10.5 Å². The van der Waals surface area contributed by atoms with Crippen LogP contribution in [0.2, 0.25) is 0 Å². The quantitative estimate of drug-likeness (QED) is 0.846. The minimum absolute atomic E-state index is 0.114. The Kier molecular flexibility index (Phi) is 5.46. The van der Waals surface area contributed by atoms with Crippen LogP contribution in [0.5, 0.6) is 0 Å². The molecule has 20 heavy (non-hydrogen) atoms. The number of benzene rings is 1. The summed E-state index contributed by atoms with van der Waals surface area (Å²) < 4.78 is 19.5. The molecule has 2 rings (SSSR count). The Balaban J connectivity index is 1.98. The molecule has 0 saturated carbocycles. The van der Waals surface area contributed by atoms with Crippen molar-refractivity contribution in [1.29, 1.82) is 0 Å². The van der Waals surface area contributed by atoms with Crippen LogP contribution < -0.4 is 5.73 Å². The van der Waals surface area contributed by atoms with Crippen LogP contribution in [-0.4, -0.2) is 36.7 Å². The van der Waals surface area contributed by atoms with Crippen LogP contribution in [0.15, 0.2) is 18.2 Å². The number of hydrogen-bond acceptors (Lipinski definition) is 3. The zero-order valence-corrected chi connectivity index (χ0v) is 12.6. The molecule has 0 spiro atoms. The van der Waals surface area contributed by atoms with Gasteiger partial charge in [0, 0.05) is 31.4 Å². The Labute approximate surface area is 124 Å². The van der Waals surface area contributed by atoms with Crippen molar-refractivity contribution < 1.29 is 9.13 Å². The van der Waals surface area contributed by atoms with Crippen LogP contribution in [0.25, 0.3) is 0 Å². The maximum absolute atomic E-state index is 14.3. The first kappa shape index (κ1) is 15.4. The van der Waals surface area contributed by atoms with E-state index >= 15 is 0 Å². The van der Waals surface area contributed by atoms with Crippen LogP contribution in [0, 0.1) is 11.7 Å². The molecular weight excluding hydrogens is 275 g/mol. The monoisotopic (exact) mass is 296 g/mol. The molecule has 1 aromatic rings. The SMILES string of the molecule is COCC1CCN(Cc2cccc(C(N)=S)c2F)CC1.